The van der Waals surface area contributed by atoms with Gasteiger partial charge in [-0.05, 0) is 55.6 Å². The maximum absolute atomic E-state index is 13.3. The summed E-state index contributed by atoms with van der Waals surface area (Å²) in [6, 6.07) is 0. The fourth-order valence-corrected chi connectivity index (χ4v) is 6.17. The third-order valence-corrected chi connectivity index (χ3v) is 7.99. The van der Waals surface area contributed by atoms with Crippen molar-refractivity contribution in [1.29, 1.82) is 0 Å². The van der Waals surface area contributed by atoms with Crippen LogP contribution in [0.3, 0.4) is 0 Å². The Bertz CT molecular complexity index is 712. The number of fused-ring (bicyclic) bond motifs is 1. The van der Waals surface area contributed by atoms with E-state index >= 15 is 0 Å². The first kappa shape index (κ1) is 22.8. The molecule has 2 fully saturated rings. The number of aliphatic hydroxyl groups excluding tert-OH is 1. The van der Waals surface area contributed by atoms with Crippen molar-refractivity contribution < 1.29 is 9.90 Å². The largest absolute Gasteiger partial charge is 0.387 e. The van der Waals surface area contributed by atoms with Crippen LogP contribution in [-0.2, 0) is 11.2 Å². The first-order chi connectivity index (χ1) is 15.2. The van der Waals surface area contributed by atoms with E-state index in [1.165, 1.54) is 101 Å². The molecule has 0 aromatic carbocycles. The summed E-state index contributed by atoms with van der Waals surface area (Å²) in [5.74, 6) is 0.813. The summed E-state index contributed by atoms with van der Waals surface area (Å²) >= 11 is 0. The van der Waals surface area contributed by atoms with Gasteiger partial charge in [0.15, 0.2) is 0 Å². The lowest BCUT2D eigenvalue weighted by atomic mass is 9.85. The van der Waals surface area contributed by atoms with E-state index in [0.717, 1.165) is 37.1 Å². The third kappa shape index (κ3) is 5.88. The predicted octanol–water partition coefficient (Wildman–Crippen LogP) is 6.97. The maximum Gasteiger partial charge on any atom is 0.227 e. The van der Waals surface area contributed by atoms with Gasteiger partial charge in [0.1, 0.15) is 0 Å². The van der Waals surface area contributed by atoms with Crippen LogP contribution in [0.15, 0.2) is 6.20 Å². The molecule has 4 rings (SSSR count). The minimum Gasteiger partial charge on any atom is -0.387 e. The Morgan fingerprint density at radius 2 is 1.35 bits per heavy atom. The Balaban J connectivity index is 1.58. The summed E-state index contributed by atoms with van der Waals surface area (Å²) in [6.07, 6.45) is 22.9. The monoisotopic (exact) mass is 426 g/mol. The highest BCUT2D eigenvalue weighted by Crippen LogP contribution is 2.42. The molecule has 31 heavy (non-hydrogen) atoms. The summed E-state index contributed by atoms with van der Waals surface area (Å²) in [6.45, 7) is 0. The number of hydrogen-bond acceptors (Lipinski definition) is 3. The van der Waals surface area contributed by atoms with Crippen LogP contribution in [0.5, 0.6) is 0 Å². The van der Waals surface area contributed by atoms with Gasteiger partial charge < -0.3 is 10.4 Å². The number of nitrogens with zero attached hydrogens (tertiary/aromatic N) is 1. The van der Waals surface area contributed by atoms with Crippen molar-refractivity contribution in [2.45, 2.75) is 128 Å². The van der Waals surface area contributed by atoms with Crippen molar-refractivity contribution in [2.24, 2.45) is 5.92 Å². The van der Waals surface area contributed by atoms with Gasteiger partial charge in [-0.15, -0.1) is 0 Å². The quantitative estimate of drug-likeness (QED) is 0.548. The number of aromatic nitrogens is 1. The molecule has 2 N–H and O–H groups in total. The SMILES string of the molecule is O=C(Nc1cnc2c(c1C1CCCCCCCC1)CCC2O)C1CCCCCCCC1. The van der Waals surface area contributed by atoms with Crippen LogP contribution in [0.2, 0.25) is 0 Å². The number of pyridine rings is 1. The lowest BCUT2D eigenvalue weighted by Crippen LogP contribution is -2.24. The first-order valence-electron chi connectivity index (χ1n) is 13.2. The zero-order valence-electron chi connectivity index (χ0n) is 19.3. The second kappa shape index (κ2) is 11.4. The van der Waals surface area contributed by atoms with Gasteiger partial charge in [-0.3, -0.25) is 9.78 Å². The molecule has 0 aliphatic heterocycles. The normalized spacial score (nSPS) is 24.7. The molecule has 2 saturated carbocycles. The van der Waals surface area contributed by atoms with Crippen molar-refractivity contribution in [2.75, 3.05) is 5.32 Å². The number of carbonyl (C=O) groups excluding carboxylic acids is 1. The molecule has 1 atom stereocenters. The minimum absolute atomic E-state index is 0.130. The average molecular weight is 427 g/mol. The van der Waals surface area contributed by atoms with Crippen molar-refractivity contribution in [3.63, 3.8) is 0 Å². The van der Waals surface area contributed by atoms with Crippen molar-refractivity contribution in [1.82, 2.24) is 4.98 Å². The van der Waals surface area contributed by atoms with Crippen LogP contribution < -0.4 is 5.32 Å². The third-order valence-electron chi connectivity index (χ3n) is 7.99. The summed E-state index contributed by atoms with van der Waals surface area (Å²) < 4.78 is 0. The Labute approximate surface area is 188 Å². The molecule has 0 radical (unpaired) electrons. The smallest absolute Gasteiger partial charge is 0.227 e. The van der Waals surface area contributed by atoms with Gasteiger partial charge in [-0.1, -0.05) is 77.0 Å². The molecule has 4 heteroatoms. The van der Waals surface area contributed by atoms with Crippen LogP contribution >= 0.6 is 0 Å². The molecular weight excluding hydrogens is 384 g/mol. The Hall–Kier alpha value is -1.42. The summed E-state index contributed by atoms with van der Waals surface area (Å²) in [4.78, 5) is 18.0. The van der Waals surface area contributed by atoms with Crippen molar-refractivity contribution in [3.8, 4) is 0 Å². The number of anilines is 1. The molecule has 1 amide bonds. The van der Waals surface area contributed by atoms with Gasteiger partial charge in [0, 0.05) is 5.92 Å². The van der Waals surface area contributed by atoms with E-state index in [2.05, 4.69) is 10.3 Å². The predicted molar refractivity (Wildman–Crippen MR) is 126 cm³/mol. The highest BCUT2D eigenvalue weighted by molar-refractivity contribution is 5.93. The minimum atomic E-state index is -0.441. The average Bonchev–Trinajstić information content (AvgIpc) is 3.25. The van der Waals surface area contributed by atoms with E-state index in [1.54, 1.807) is 0 Å². The molecule has 0 spiro atoms. The van der Waals surface area contributed by atoms with E-state index in [4.69, 9.17) is 0 Å². The Morgan fingerprint density at radius 1 is 0.806 bits per heavy atom. The van der Waals surface area contributed by atoms with Crippen LogP contribution in [-0.4, -0.2) is 16.0 Å². The van der Waals surface area contributed by atoms with Crippen LogP contribution in [0.4, 0.5) is 5.69 Å². The van der Waals surface area contributed by atoms with Crippen LogP contribution in [0, 0.1) is 5.92 Å². The number of amides is 1. The number of rotatable bonds is 3. The van der Waals surface area contributed by atoms with E-state index in [0.29, 0.717) is 5.92 Å². The highest BCUT2D eigenvalue weighted by atomic mass is 16.3. The molecule has 3 aliphatic carbocycles. The molecule has 0 bridgehead atoms. The first-order valence-corrected chi connectivity index (χ1v) is 13.2. The van der Waals surface area contributed by atoms with Gasteiger partial charge in [0.25, 0.3) is 0 Å². The highest BCUT2D eigenvalue weighted by Gasteiger charge is 2.31. The molecule has 3 aliphatic rings. The van der Waals surface area contributed by atoms with E-state index in [-0.39, 0.29) is 11.8 Å². The van der Waals surface area contributed by atoms with E-state index < -0.39 is 6.10 Å². The summed E-state index contributed by atoms with van der Waals surface area (Å²) in [5.41, 5.74) is 4.38. The van der Waals surface area contributed by atoms with E-state index in [9.17, 15) is 9.90 Å². The van der Waals surface area contributed by atoms with Gasteiger partial charge in [0.2, 0.25) is 5.91 Å². The van der Waals surface area contributed by atoms with Gasteiger partial charge in [0.05, 0.1) is 23.7 Å². The number of carbonyl (C=O) groups is 1. The molecule has 0 saturated heterocycles. The zero-order valence-corrected chi connectivity index (χ0v) is 19.3. The second-order valence-corrected chi connectivity index (χ2v) is 10.3. The maximum atomic E-state index is 13.3. The molecule has 1 aromatic heterocycles. The van der Waals surface area contributed by atoms with Gasteiger partial charge in [-0.25, -0.2) is 0 Å². The zero-order chi connectivity index (χ0) is 21.5. The standard InChI is InChI=1S/C27H42N2O2/c30-24-18-17-22-25(20-13-9-5-1-2-6-10-14-20)23(19-28-26(22)24)29-27(31)21-15-11-7-3-4-8-12-16-21/h19-21,24,30H,1-18H2,(H,29,31). The Morgan fingerprint density at radius 3 is 1.97 bits per heavy atom. The second-order valence-electron chi connectivity index (χ2n) is 10.3. The van der Waals surface area contributed by atoms with Crippen molar-refractivity contribution in [3.05, 3.63) is 23.0 Å². The van der Waals surface area contributed by atoms with E-state index in [1.807, 2.05) is 6.20 Å². The molecule has 172 valence electrons. The topological polar surface area (TPSA) is 62.2 Å². The molecular formula is C27H42N2O2. The van der Waals surface area contributed by atoms with Crippen LogP contribution in [0.25, 0.3) is 0 Å². The lowest BCUT2D eigenvalue weighted by molar-refractivity contribution is -0.120. The summed E-state index contributed by atoms with van der Waals surface area (Å²) in [5, 5.41) is 13.8. The fraction of sp³-hybridized carbons (Fsp3) is 0.778. The number of hydrogen-bond donors (Lipinski definition) is 2. The fourth-order valence-electron chi connectivity index (χ4n) is 6.17. The lowest BCUT2D eigenvalue weighted by Gasteiger charge is -2.25. The molecule has 1 unspecified atom stereocenters. The van der Waals surface area contributed by atoms with Crippen LogP contribution in [0.1, 0.15) is 138 Å². The number of aliphatic hydroxyl groups is 1. The van der Waals surface area contributed by atoms with Gasteiger partial charge >= 0.3 is 0 Å². The molecule has 1 heterocycles. The molecule has 1 aromatic rings. The molecule has 4 nitrogen and oxygen atoms in total. The van der Waals surface area contributed by atoms with Gasteiger partial charge in [-0.2, -0.15) is 0 Å². The summed E-state index contributed by atoms with van der Waals surface area (Å²) in [7, 11) is 0. The van der Waals surface area contributed by atoms with Crippen molar-refractivity contribution >= 4 is 11.6 Å². The number of nitrogens with one attached hydrogen (secondary N) is 1. The Kier molecular flexibility index (Phi) is 8.40.